The first-order valence-electron chi connectivity index (χ1n) is 7.16. The fraction of sp³-hybridized carbons (Fsp3) is 0.400. The lowest BCUT2D eigenvalue weighted by molar-refractivity contribution is 0.235. The van der Waals surface area contributed by atoms with Crippen molar-refractivity contribution < 1.29 is 4.79 Å². The van der Waals surface area contributed by atoms with Gasteiger partial charge in [-0.1, -0.05) is 32.0 Å². The molecule has 1 aromatic heterocycles. The van der Waals surface area contributed by atoms with Crippen molar-refractivity contribution in [2.24, 2.45) is 0 Å². The molecule has 3 N–H and O–H groups in total. The first-order chi connectivity index (χ1) is 10.2. The van der Waals surface area contributed by atoms with Crippen LogP contribution in [0.2, 0.25) is 0 Å². The molecule has 112 valence electrons. The van der Waals surface area contributed by atoms with Crippen molar-refractivity contribution in [3.05, 3.63) is 40.3 Å². The summed E-state index contributed by atoms with van der Waals surface area (Å²) < 4.78 is 0. The molecule has 0 unspecified atom stereocenters. The first-order valence-corrected chi connectivity index (χ1v) is 7.16. The fourth-order valence-electron chi connectivity index (χ4n) is 2.20. The van der Waals surface area contributed by atoms with Gasteiger partial charge in [0.1, 0.15) is 0 Å². The molecule has 1 aromatic carbocycles. The highest BCUT2D eigenvalue weighted by Crippen LogP contribution is 2.11. The predicted octanol–water partition coefficient (Wildman–Crippen LogP) is 1.91. The van der Waals surface area contributed by atoms with Crippen LogP contribution in [-0.2, 0) is 6.54 Å². The van der Waals surface area contributed by atoms with Crippen LogP contribution < -0.4 is 16.2 Å². The van der Waals surface area contributed by atoms with Gasteiger partial charge < -0.3 is 10.6 Å². The Bertz CT molecular complexity index is 677. The summed E-state index contributed by atoms with van der Waals surface area (Å²) in [5.41, 5.74) is 0.417. The number of H-pyrrole nitrogens is 1. The van der Waals surface area contributed by atoms with E-state index in [1.54, 1.807) is 12.1 Å². The van der Waals surface area contributed by atoms with Crippen LogP contribution in [0.25, 0.3) is 10.8 Å². The van der Waals surface area contributed by atoms with Crippen LogP contribution in [0.15, 0.2) is 29.1 Å². The molecule has 2 amide bonds. The van der Waals surface area contributed by atoms with E-state index in [9.17, 15) is 9.59 Å². The van der Waals surface area contributed by atoms with Gasteiger partial charge >= 0.3 is 6.03 Å². The van der Waals surface area contributed by atoms with Gasteiger partial charge in [-0.05, 0) is 18.9 Å². The van der Waals surface area contributed by atoms with Crippen LogP contribution in [-0.4, -0.2) is 22.3 Å². The van der Waals surface area contributed by atoms with Crippen molar-refractivity contribution in [3.63, 3.8) is 0 Å². The predicted molar refractivity (Wildman–Crippen MR) is 82.1 cm³/mol. The molecule has 21 heavy (non-hydrogen) atoms. The van der Waals surface area contributed by atoms with Crippen molar-refractivity contribution in [3.8, 4) is 0 Å². The smallest absolute Gasteiger partial charge is 0.315 e. The summed E-state index contributed by atoms with van der Waals surface area (Å²) in [6.45, 7) is 4.33. The second-order valence-corrected chi connectivity index (χ2v) is 4.89. The Labute approximate surface area is 122 Å². The average molecular weight is 288 g/mol. The standard InChI is InChI=1S/C15H20N4O2/c1-3-10(4-2)17-15(21)16-9-13-11-7-5-6-8-12(11)14(20)19-18-13/h5-8,10H,3-4,9H2,1-2H3,(H,19,20)(H2,16,17,21). The van der Waals surface area contributed by atoms with Crippen LogP contribution in [0.1, 0.15) is 32.4 Å². The second kappa shape index (κ2) is 6.88. The topological polar surface area (TPSA) is 86.9 Å². The second-order valence-electron chi connectivity index (χ2n) is 4.89. The highest BCUT2D eigenvalue weighted by atomic mass is 16.2. The first kappa shape index (κ1) is 15.0. The van der Waals surface area contributed by atoms with Gasteiger partial charge in [0.25, 0.3) is 5.56 Å². The monoisotopic (exact) mass is 288 g/mol. The van der Waals surface area contributed by atoms with E-state index in [-0.39, 0.29) is 24.2 Å². The Morgan fingerprint density at radius 1 is 1.24 bits per heavy atom. The number of nitrogens with zero attached hydrogens (tertiary/aromatic N) is 1. The van der Waals surface area contributed by atoms with E-state index >= 15 is 0 Å². The van der Waals surface area contributed by atoms with Crippen molar-refractivity contribution in [2.75, 3.05) is 0 Å². The molecule has 0 aliphatic heterocycles. The molecule has 1 heterocycles. The molecule has 0 bridgehead atoms. The van der Waals surface area contributed by atoms with Crippen molar-refractivity contribution >= 4 is 16.8 Å². The summed E-state index contributed by atoms with van der Waals surface area (Å²) in [6.07, 6.45) is 1.79. The fourth-order valence-corrected chi connectivity index (χ4v) is 2.20. The Hall–Kier alpha value is -2.37. The van der Waals surface area contributed by atoms with E-state index in [2.05, 4.69) is 20.8 Å². The molecule has 6 nitrogen and oxygen atoms in total. The van der Waals surface area contributed by atoms with Crippen LogP contribution in [0, 0.1) is 0 Å². The van der Waals surface area contributed by atoms with Gasteiger partial charge in [0.05, 0.1) is 17.6 Å². The summed E-state index contributed by atoms with van der Waals surface area (Å²) in [5.74, 6) is 0. The minimum Gasteiger partial charge on any atom is -0.335 e. The number of fused-ring (bicyclic) bond motifs is 1. The van der Waals surface area contributed by atoms with Crippen molar-refractivity contribution in [2.45, 2.75) is 39.3 Å². The molecule has 0 radical (unpaired) electrons. The number of aromatic amines is 1. The third-order valence-corrected chi connectivity index (χ3v) is 3.51. The van der Waals surface area contributed by atoms with Crippen molar-refractivity contribution in [1.82, 2.24) is 20.8 Å². The zero-order valence-corrected chi connectivity index (χ0v) is 12.3. The lowest BCUT2D eigenvalue weighted by Crippen LogP contribution is -2.41. The maximum absolute atomic E-state index is 11.8. The molecule has 6 heteroatoms. The Morgan fingerprint density at radius 3 is 2.57 bits per heavy atom. The number of amides is 2. The van der Waals surface area contributed by atoms with E-state index < -0.39 is 0 Å². The quantitative estimate of drug-likeness (QED) is 0.785. The van der Waals surface area contributed by atoms with E-state index in [0.717, 1.165) is 18.2 Å². The highest BCUT2D eigenvalue weighted by molar-refractivity contribution is 5.83. The third-order valence-electron chi connectivity index (χ3n) is 3.51. The normalized spacial score (nSPS) is 10.8. The van der Waals surface area contributed by atoms with Crippen LogP contribution in [0.3, 0.4) is 0 Å². The number of benzene rings is 1. The zero-order valence-electron chi connectivity index (χ0n) is 12.3. The summed E-state index contributed by atoms with van der Waals surface area (Å²) in [6, 6.07) is 7.16. The van der Waals surface area contributed by atoms with Crippen LogP contribution in [0.4, 0.5) is 4.79 Å². The lowest BCUT2D eigenvalue weighted by Gasteiger charge is -2.15. The zero-order chi connectivity index (χ0) is 15.2. The molecule has 2 aromatic rings. The number of hydrogen-bond donors (Lipinski definition) is 3. The molecular formula is C15H20N4O2. The number of hydrogen-bond acceptors (Lipinski definition) is 3. The number of nitrogens with one attached hydrogen (secondary N) is 3. The van der Waals surface area contributed by atoms with E-state index in [1.165, 1.54) is 0 Å². The number of rotatable bonds is 5. The molecule has 0 saturated heterocycles. The van der Waals surface area contributed by atoms with E-state index in [1.807, 2.05) is 26.0 Å². The third kappa shape index (κ3) is 3.59. The Kier molecular flexibility index (Phi) is 4.92. The molecular weight excluding hydrogens is 268 g/mol. The van der Waals surface area contributed by atoms with Crippen molar-refractivity contribution in [1.29, 1.82) is 0 Å². The number of urea groups is 1. The lowest BCUT2D eigenvalue weighted by atomic mass is 10.1. The van der Waals surface area contributed by atoms with E-state index in [4.69, 9.17) is 0 Å². The molecule has 0 aliphatic rings. The Morgan fingerprint density at radius 2 is 1.90 bits per heavy atom. The van der Waals surface area contributed by atoms with Gasteiger partial charge in [0.15, 0.2) is 0 Å². The summed E-state index contributed by atoms with van der Waals surface area (Å²) in [5, 5.41) is 13.5. The van der Waals surface area contributed by atoms with E-state index in [0.29, 0.717) is 11.1 Å². The van der Waals surface area contributed by atoms with Gasteiger partial charge in [-0.15, -0.1) is 0 Å². The van der Waals surface area contributed by atoms with Gasteiger partial charge in [-0.25, -0.2) is 9.89 Å². The van der Waals surface area contributed by atoms with Gasteiger partial charge in [-0.3, -0.25) is 4.79 Å². The molecule has 0 saturated carbocycles. The molecule has 2 rings (SSSR count). The molecule has 0 aliphatic carbocycles. The molecule has 0 atom stereocenters. The van der Waals surface area contributed by atoms with Gasteiger partial charge in [-0.2, -0.15) is 5.10 Å². The number of carbonyl (C=O) groups excluding carboxylic acids is 1. The average Bonchev–Trinajstić information content (AvgIpc) is 2.52. The van der Waals surface area contributed by atoms with Gasteiger partial charge in [0, 0.05) is 11.4 Å². The number of carbonyl (C=O) groups is 1. The van der Waals surface area contributed by atoms with Gasteiger partial charge in [0.2, 0.25) is 0 Å². The number of aromatic nitrogens is 2. The summed E-state index contributed by atoms with van der Waals surface area (Å²) in [7, 11) is 0. The summed E-state index contributed by atoms with van der Waals surface area (Å²) >= 11 is 0. The Balaban J connectivity index is 2.09. The SMILES string of the molecule is CCC(CC)NC(=O)NCc1n[nH]c(=O)c2ccccc12. The molecule has 0 fully saturated rings. The minimum absolute atomic E-state index is 0.172. The van der Waals surface area contributed by atoms with Crippen LogP contribution >= 0.6 is 0 Å². The molecule has 0 spiro atoms. The maximum atomic E-state index is 11.8. The van der Waals surface area contributed by atoms with Crippen LogP contribution in [0.5, 0.6) is 0 Å². The minimum atomic E-state index is -0.226. The highest BCUT2D eigenvalue weighted by Gasteiger charge is 2.10. The maximum Gasteiger partial charge on any atom is 0.315 e. The largest absolute Gasteiger partial charge is 0.335 e. The summed E-state index contributed by atoms with van der Waals surface area (Å²) in [4.78, 5) is 23.5.